The summed E-state index contributed by atoms with van der Waals surface area (Å²) in [5, 5.41) is 5.21. The first-order valence-electron chi connectivity index (χ1n) is 11.2. The third-order valence-electron chi connectivity index (χ3n) is 6.12. The highest BCUT2D eigenvalue weighted by molar-refractivity contribution is 9.10. The van der Waals surface area contributed by atoms with Gasteiger partial charge in [0.2, 0.25) is 0 Å². The van der Waals surface area contributed by atoms with Crippen molar-refractivity contribution in [1.82, 2.24) is 0 Å². The van der Waals surface area contributed by atoms with Crippen molar-refractivity contribution >= 4 is 37.5 Å². The Morgan fingerprint density at radius 2 is 1.76 bits per heavy atom. The zero-order valence-corrected chi connectivity index (χ0v) is 19.7. The molecule has 1 aliphatic carbocycles. The van der Waals surface area contributed by atoms with Gasteiger partial charge in [-0.3, -0.25) is 0 Å². The van der Waals surface area contributed by atoms with E-state index in [2.05, 4.69) is 64.5 Å². The van der Waals surface area contributed by atoms with E-state index in [1.807, 2.05) is 24.3 Å². The van der Waals surface area contributed by atoms with Crippen LogP contribution in [0.15, 0.2) is 95.7 Å². The number of para-hydroxylation sites is 1. The van der Waals surface area contributed by atoms with Gasteiger partial charge in [0.05, 0.1) is 10.7 Å². The summed E-state index contributed by atoms with van der Waals surface area (Å²) in [5.74, 6) is -0.00196. The van der Waals surface area contributed by atoms with Gasteiger partial charge in [-0.25, -0.2) is 4.39 Å². The Morgan fingerprint density at radius 1 is 0.879 bits per heavy atom. The Morgan fingerprint density at radius 3 is 2.52 bits per heavy atom. The molecule has 0 radical (unpaired) electrons. The highest BCUT2D eigenvalue weighted by Crippen LogP contribution is 2.36. The van der Waals surface area contributed by atoms with Gasteiger partial charge < -0.3 is 9.47 Å². The summed E-state index contributed by atoms with van der Waals surface area (Å²) in [6.45, 7) is 0.733. The van der Waals surface area contributed by atoms with Crippen LogP contribution in [0.25, 0.3) is 21.5 Å². The van der Waals surface area contributed by atoms with Crippen LogP contribution in [0.1, 0.15) is 17.5 Å². The standard InChI is InChI=1S/C24H18BrFO.C5H6O/c25-22-6-3-7-23(26)24(22)27-17-10-13-19-16(14-17)9-12-20-18-5-2-1-4-15(18)8-11-21(19)20;1-2-4-6-5-3-1/h1-9,11-12,17H,10,13-14H2;1-4H,5H2. The molecule has 6 rings (SSSR count). The van der Waals surface area contributed by atoms with Crippen molar-refractivity contribution in [2.45, 2.75) is 25.4 Å². The van der Waals surface area contributed by atoms with Gasteiger partial charge in [0.15, 0.2) is 11.6 Å². The average molecular weight is 503 g/mol. The number of ether oxygens (including phenoxy) is 2. The van der Waals surface area contributed by atoms with Crippen molar-refractivity contribution in [3.63, 3.8) is 0 Å². The van der Waals surface area contributed by atoms with E-state index in [9.17, 15) is 4.39 Å². The van der Waals surface area contributed by atoms with Gasteiger partial charge in [-0.15, -0.1) is 0 Å². The zero-order valence-electron chi connectivity index (χ0n) is 18.1. The van der Waals surface area contributed by atoms with E-state index in [1.54, 1.807) is 12.3 Å². The maximum atomic E-state index is 14.1. The topological polar surface area (TPSA) is 18.5 Å². The Balaban J connectivity index is 0.000000332. The predicted octanol–water partition coefficient (Wildman–Crippen LogP) is 7.92. The molecule has 33 heavy (non-hydrogen) atoms. The number of rotatable bonds is 2. The summed E-state index contributed by atoms with van der Waals surface area (Å²) >= 11 is 3.40. The van der Waals surface area contributed by atoms with Gasteiger partial charge in [0, 0.05) is 6.42 Å². The van der Waals surface area contributed by atoms with Crippen LogP contribution in [0.2, 0.25) is 0 Å². The third kappa shape index (κ3) is 4.67. The Hall–Kier alpha value is -3.11. The number of benzene rings is 4. The second kappa shape index (κ2) is 9.80. The molecule has 4 aromatic carbocycles. The molecule has 1 atom stereocenters. The predicted molar refractivity (Wildman–Crippen MR) is 136 cm³/mol. The maximum Gasteiger partial charge on any atom is 0.169 e. The first-order valence-corrected chi connectivity index (χ1v) is 12.0. The molecular weight excluding hydrogens is 479 g/mol. The van der Waals surface area contributed by atoms with Gasteiger partial charge in [-0.1, -0.05) is 60.7 Å². The molecule has 1 heterocycles. The minimum Gasteiger partial charge on any atom is -0.497 e. The van der Waals surface area contributed by atoms with Crippen molar-refractivity contribution in [1.29, 1.82) is 0 Å². The van der Waals surface area contributed by atoms with Crippen LogP contribution in [-0.4, -0.2) is 12.7 Å². The molecule has 0 spiro atoms. The van der Waals surface area contributed by atoms with Gasteiger partial charge in [0.1, 0.15) is 12.7 Å². The van der Waals surface area contributed by atoms with Crippen LogP contribution in [0.4, 0.5) is 4.39 Å². The minimum absolute atomic E-state index is 0.0105. The second-order valence-electron chi connectivity index (χ2n) is 8.21. The zero-order chi connectivity index (χ0) is 22.6. The first kappa shape index (κ1) is 21.7. The molecule has 2 aliphatic rings. The molecule has 0 aromatic heterocycles. The summed E-state index contributed by atoms with van der Waals surface area (Å²) < 4.78 is 25.6. The van der Waals surface area contributed by atoms with Crippen LogP contribution in [-0.2, 0) is 17.6 Å². The molecule has 0 bridgehead atoms. The summed E-state index contributed by atoms with van der Waals surface area (Å²) in [6.07, 6.45) is 10.1. The summed E-state index contributed by atoms with van der Waals surface area (Å²) in [7, 11) is 0. The molecule has 1 aliphatic heterocycles. The molecule has 4 heteroatoms. The summed E-state index contributed by atoms with van der Waals surface area (Å²) in [5.41, 5.74) is 2.71. The highest BCUT2D eigenvalue weighted by Gasteiger charge is 2.23. The van der Waals surface area contributed by atoms with E-state index in [0.717, 1.165) is 25.9 Å². The van der Waals surface area contributed by atoms with Crippen LogP contribution >= 0.6 is 15.9 Å². The molecule has 0 amide bonds. The largest absolute Gasteiger partial charge is 0.497 e. The lowest BCUT2D eigenvalue weighted by Crippen LogP contribution is -2.26. The highest BCUT2D eigenvalue weighted by atomic mass is 79.9. The Kier molecular flexibility index (Phi) is 6.45. The quantitative estimate of drug-likeness (QED) is 0.259. The molecular formula is C29H24BrFO2. The number of hydrogen-bond donors (Lipinski definition) is 0. The SMILES string of the molecule is C1=CCOC=C1.Fc1cccc(Br)c1OC1CCc2c(ccc3c2ccc2ccccc23)C1. The first-order chi connectivity index (χ1) is 16.2. The van der Waals surface area contributed by atoms with Gasteiger partial charge in [-0.2, -0.15) is 0 Å². The smallest absolute Gasteiger partial charge is 0.169 e. The van der Waals surface area contributed by atoms with Crippen molar-refractivity contribution in [2.24, 2.45) is 0 Å². The molecule has 0 fully saturated rings. The Bertz CT molecular complexity index is 1330. The van der Waals surface area contributed by atoms with Crippen LogP contribution in [0, 0.1) is 5.82 Å². The van der Waals surface area contributed by atoms with Crippen LogP contribution in [0.5, 0.6) is 5.75 Å². The lowest BCUT2D eigenvalue weighted by atomic mass is 9.85. The third-order valence-corrected chi connectivity index (χ3v) is 6.74. The molecule has 166 valence electrons. The summed E-state index contributed by atoms with van der Waals surface area (Å²) in [4.78, 5) is 0. The van der Waals surface area contributed by atoms with Gasteiger partial charge in [0.25, 0.3) is 0 Å². The van der Waals surface area contributed by atoms with Crippen molar-refractivity contribution < 1.29 is 13.9 Å². The van der Waals surface area contributed by atoms with Crippen LogP contribution in [0.3, 0.4) is 0 Å². The summed E-state index contributed by atoms with van der Waals surface area (Å²) in [6, 6.07) is 22.3. The van der Waals surface area contributed by atoms with E-state index in [-0.39, 0.29) is 11.9 Å². The number of hydrogen-bond acceptors (Lipinski definition) is 2. The minimum atomic E-state index is -0.319. The number of fused-ring (bicyclic) bond motifs is 5. The number of aryl methyl sites for hydroxylation is 1. The van der Waals surface area contributed by atoms with Crippen molar-refractivity contribution in [3.05, 3.63) is 113 Å². The molecule has 1 unspecified atom stereocenters. The van der Waals surface area contributed by atoms with E-state index in [0.29, 0.717) is 10.2 Å². The van der Waals surface area contributed by atoms with E-state index in [1.165, 1.54) is 38.7 Å². The monoisotopic (exact) mass is 502 g/mol. The van der Waals surface area contributed by atoms with Crippen LogP contribution < -0.4 is 4.74 Å². The lowest BCUT2D eigenvalue weighted by Gasteiger charge is -2.27. The van der Waals surface area contributed by atoms with Gasteiger partial charge in [-0.05, 0) is 85.7 Å². The lowest BCUT2D eigenvalue weighted by molar-refractivity contribution is 0.176. The number of allylic oxidation sites excluding steroid dienone is 2. The van der Waals surface area contributed by atoms with Crippen molar-refractivity contribution in [2.75, 3.05) is 6.61 Å². The molecule has 0 saturated carbocycles. The molecule has 4 aromatic rings. The fourth-order valence-electron chi connectivity index (χ4n) is 4.54. The Labute approximate surface area is 201 Å². The number of halogens is 2. The fourth-order valence-corrected chi connectivity index (χ4v) is 4.98. The van der Waals surface area contributed by atoms with E-state index < -0.39 is 0 Å². The normalized spacial score (nSPS) is 16.6. The van der Waals surface area contributed by atoms with Gasteiger partial charge >= 0.3 is 0 Å². The molecule has 0 N–H and O–H groups in total. The van der Waals surface area contributed by atoms with Crippen molar-refractivity contribution in [3.8, 4) is 5.75 Å². The second-order valence-corrected chi connectivity index (χ2v) is 9.06. The average Bonchev–Trinajstić information content (AvgIpc) is 2.87. The fraction of sp³-hybridized carbons (Fsp3) is 0.172. The maximum absolute atomic E-state index is 14.1. The molecule has 0 saturated heterocycles. The van der Waals surface area contributed by atoms with E-state index in [4.69, 9.17) is 9.47 Å². The van der Waals surface area contributed by atoms with E-state index >= 15 is 0 Å². The molecule has 2 nitrogen and oxygen atoms in total.